The molecule has 33 heavy (non-hydrogen) atoms. The van der Waals surface area contributed by atoms with Gasteiger partial charge >= 0.3 is 0 Å². The number of benzene rings is 1. The topological polar surface area (TPSA) is 87.2 Å². The van der Waals surface area contributed by atoms with Crippen LogP contribution in [0, 0.1) is 0 Å². The Morgan fingerprint density at radius 1 is 1.12 bits per heavy atom. The van der Waals surface area contributed by atoms with Crippen LogP contribution in [0.1, 0.15) is 49.7 Å². The maximum atomic E-state index is 13.8. The third-order valence-electron chi connectivity index (χ3n) is 6.23. The summed E-state index contributed by atoms with van der Waals surface area (Å²) >= 11 is 6.63. The molecule has 2 aromatic rings. The smallest absolute Gasteiger partial charge is 0.248 e. The van der Waals surface area contributed by atoms with Crippen molar-refractivity contribution in [1.82, 2.24) is 14.7 Å². The lowest BCUT2D eigenvalue weighted by Gasteiger charge is -2.36. The molecule has 0 bridgehead atoms. The van der Waals surface area contributed by atoms with Crippen molar-refractivity contribution < 1.29 is 17.2 Å². The van der Waals surface area contributed by atoms with E-state index in [2.05, 4.69) is 20.0 Å². The number of hydrogen-bond acceptors (Lipinski definition) is 6. The van der Waals surface area contributed by atoms with Gasteiger partial charge < -0.3 is 5.32 Å². The van der Waals surface area contributed by atoms with E-state index in [1.165, 1.54) is 4.42 Å². The summed E-state index contributed by atoms with van der Waals surface area (Å²) in [6, 6.07) is 6.71. The first-order valence-corrected chi connectivity index (χ1v) is 13.3. The van der Waals surface area contributed by atoms with Gasteiger partial charge in [-0.15, -0.1) is 0 Å². The van der Waals surface area contributed by atoms with E-state index in [0.29, 0.717) is 36.7 Å². The first-order chi connectivity index (χ1) is 15.6. The normalized spacial score (nSPS) is 22.8. The lowest BCUT2D eigenvalue weighted by molar-refractivity contribution is -0.0130. The molecule has 0 amide bonds. The Labute approximate surface area is 198 Å². The minimum absolute atomic E-state index is 0.125. The van der Waals surface area contributed by atoms with Crippen LogP contribution >= 0.6 is 11.8 Å². The molecule has 1 aromatic carbocycles. The van der Waals surface area contributed by atoms with Gasteiger partial charge in [-0.3, -0.25) is 4.42 Å². The zero-order chi connectivity index (χ0) is 23.6. The molecule has 0 aliphatic heterocycles. The SMILES string of the molecule is CS(=O)(=O)N[C@@H]1CCCC[C@H]1N(Cl)c1ccnc(Nc2ccc3c(c2)CCC(F)(F)CC3)n1. The Morgan fingerprint density at radius 2 is 1.85 bits per heavy atom. The van der Waals surface area contributed by atoms with Crippen molar-refractivity contribution in [2.24, 2.45) is 0 Å². The van der Waals surface area contributed by atoms with Gasteiger partial charge in [0.15, 0.2) is 0 Å². The maximum absolute atomic E-state index is 13.8. The lowest BCUT2D eigenvalue weighted by atomic mass is 9.91. The largest absolute Gasteiger partial charge is 0.324 e. The molecule has 11 heteroatoms. The molecular weight excluding hydrogens is 472 g/mol. The van der Waals surface area contributed by atoms with Gasteiger partial charge in [0.2, 0.25) is 21.9 Å². The van der Waals surface area contributed by atoms with E-state index in [1.807, 2.05) is 18.2 Å². The molecule has 2 aliphatic carbocycles. The number of alkyl halides is 2. The van der Waals surface area contributed by atoms with Crippen LogP contribution in [-0.2, 0) is 22.9 Å². The van der Waals surface area contributed by atoms with E-state index in [4.69, 9.17) is 11.8 Å². The monoisotopic (exact) mass is 499 g/mol. The number of anilines is 3. The van der Waals surface area contributed by atoms with Crippen LogP contribution in [0.3, 0.4) is 0 Å². The quantitative estimate of drug-likeness (QED) is 0.447. The van der Waals surface area contributed by atoms with Gasteiger partial charge in [0.25, 0.3) is 0 Å². The predicted octanol–water partition coefficient (Wildman–Crippen LogP) is 4.55. The minimum atomic E-state index is -3.37. The molecule has 0 saturated heterocycles. The summed E-state index contributed by atoms with van der Waals surface area (Å²) in [4.78, 5) is 8.76. The molecule has 0 radical (unpaired) electrons. The van der Waals surface area contributed by atoms with Gasteiger partial charge in [-0.05, 0) is 48.9 Å². The van der Waals surface area contributed by atoms with Gasteiger partial charge in [0.05, 0.1) is 12.3 Å². The van der Waals surface area contributed by atoms with Crippen LogP contribution in [-0.4, -0.2) is 42.6 Å². The summed E-state index contributed by atoms with van der Waals surface area (Å²) < 4.78 is 55.3. The van der Waals surface area contributed by atoms with Crippen molar-refractivity contribution in [2.75, 3.05) is 16.0 Å². The average molecular weight is 500 g/mol. The Kier molecular flexibility index (Phi) is 7.07. The van der Waals surface area contributed by atoms with Crippen LogP contribution in [0.4, 0.5) is 26.2 Å². The zero-order valence-corrected chi connectivity index (χ0v) is 20.0. The van der Waals surface area contributed by atoms with Crippen molar-refractivity contribution in [3.05, 3.63) is 41.6 Å². The van der Waals surface area contributed by atoms with Gasteiger partial charge in [-0.2, -0.15) is 4.98 Å². The highest BCUT2D eigenvalue weighted by molar-refractivity contribution is 7.88. The molecule has 2 aliphatic rings. The van der Waals surface area contributed by atoms with Crippen molar-refractivity contribution in [2.45, 2.75) is 69.4 Å². The summed E-state index contributed by atoms with van der Waals surface area (Å²) in [6.45, 7) is 0. The number of aryl methyl sites for hydroxylation is 2. The Bertz CT molecular complexity index is 1100. The van der Waals surface area contributed by atoms with Crippen LogP contribution < -0.4 is 14.5 Å². The summed E-state index contributed by atoms with van der Waals surface area (Å²) in [6.07, 6.45) is 6.43. The standard InChI is InChI=1S/C22H28ClF2N5O2S/c1-33(31,32)29-18-4-2-3-5-19(18)30(23)20-10-13-26-21(28-20)27-17-7-6-15-8-11-22(24,25)12-9-16(15)14-17/h6-7,10,13-14,18-19,29H,2-5,8-9,11-12H2,1H3,(H,26,27,28)/t18-,19-/m1/s1. The van der Waals surface area contributed by atoms with Crippen molar-refractivity contribution in [3.8, 4) is 0 Å². The third-order valence-corrected chi connectivity index (χ3v) is 7.38. The second-order valence-corrected chi connectivity index (χ2v) is 11.0. The molecule has 180 valence electrons. The van der Waals surface area contributed by atoms with Crippen molar-refractivity contribution >= 4 is 39.3 Å². The molecule has 1 aromatic heterocycles. The summed E-state index contributed by atoms with van der Waals surface area (Å²) in [5, 5.41) is 3.14. The van der Waals surface area contributed by atoms with Gasteiger partial charge in [0, 0.05) is 48.6 Å². The first-order valence-electron chi connectivity index (χ1n) is 11.1. The molecule has 0 unspecified atom stereocenters. The molecule has 1 saturated carbocycles. The molecule has 1 fully saturated rings. The number of nitrogens with one attached hydrogen (secondary N) is 2. The lowest BCUT2D eigenvalue weighted by Crippen LogP contribution is -2.50. The average Bonchev–Trinajstić information content (AvgIpc) is 2.91. The highest BCUT2D eigenvalue weighted by Gasteiger charge is 2.33. The number of aromatic nitrogens is 2. The Balaban J connectivity index is 1.50. The number of nitrogens with zero attached hydrogens (tertiary/aromatic N) is 3. The zero-order valence-electron chi connectivity index (χ0n) is 18.4. The molecule has 0 spiro atoms. The fourth-order valence-corrected chi connectivity index (χ4v) is 5.72. The van der Waals surface area contributed by atoms with Crippen LogP contribution in [0.5, 0.6) is 0 Å². The van der Waals surface area contributed by atoms with Crippen LogP contribution in [0.15, 0.2) is 30.5 Å². The van der Waals surface area contributed by atoms with E-state index in [9.17, 15) is 17.2 Å². The van der Waals surface area contributed by atoms with E-state index in [-0.39, 0.29) is 24.9 Å². The molecular formula is C22H28ClF2N5O2S. The fraction of sp³-hybridized carbons (Fsp3) is 0.545. The number of rotatable bonds is 6. The Morgan fingerprint density at radius 3 is 2.61 bits per heavy atom. The van der Waals surface area contributed by atoms with Gasteiger partial charge in [-0.25, -0.2) is 26.9 Å². The van der Waals surface area contributed by atoms with E-state index in [0.717, 1.165) is 36.6 Å². The first kappa shape index (κ1) is 24.1. The highest BCUT2D eigenvalue weighted by atomic mass is 35.5. The number of halogens is 3. The predicted molar refractivity (Wildman–Crippen MR) is 126 cm³/mol. The molecule has 2 atom stereocenters. The summed E-state index contributed by atoms with van der Waals surface area (Å²) in [5.74, 6) is -1.85. The molecule has 4 rings (SSSR count). The number of fused-ring (bicyclic) bond motifs is 1. The summed E-state index contributed by atoms with van der Waals surface area (Å²) in [7, 11) is -3.37. The van der Waals surface area contributed by atoms with Gasteiger partial charge in [-0.1, -0.05) is 18.9 Å². The van der Waals surface area contributed by atoms with E-state index >= 15 is 0 Å². The third kappa shape index (κ3) is 6.30. The minimum Gasteiger partial charge on any atom is -0.324 e. The highest BCUT2D eigenvalue weighted by Crippen LogP contribution is 2.34. The second kappa shape index (κ2) is 9.68. The van der Waals surface area contributed by atoms with Crippen LogP contribution in [0.25, 0.3) is 0 Å². The van der Waals surface area contributed by atoms with Crippen LogP contribution in [0.2, 0.25) is 0 Å². The van der Waals surface area contributed by atoms with Crippen molar-refractivity contribution in [3.63, 3.8) is 0 Å². The van der Waals surface area contributed by atoms with E-state index < -0.39 is 15.9 Å². The van der Waals surface area contributed by atoms with E-state index in [1.54, 1.807) is 12.3 Å². The van der Waals surface area contributed by atoms with Gasteiger partial charge in [0.1, 0.15) is 5.82 Å². The number of hydrogen-bond donors (Lipinski definition) is 2. The summed E-state index contributed by atoms with van der Waals surface area (Å²) in [5.41, 5.74) is 2.57. The van der Waals surface area contributed by atoms with Crippen molar-refractivity contribution in [1.29, 1.82) is 0 Å². The number of sulfonamides is 1. The fourth-order valence-electron chi connectivity index (χ4n) is 4.56. The molecule has 1 heterocycles. The maximum Gasteiger partial charge on any atom is 0.248 e. The molecule has 2 N–H and O–H groups in total. The second-order valence-electron chi connectivity index (χ2n) is 8.86. The Hall–Kier alpha value is -2.04. The molecule has 7 nitrogen and oxygen atoms in total.